The second-order valence-electron chi connectivity index (χ2n) is 6.33. The van der Waals surface area contributed by atoms with Crippen LogP contribution >= 0.6 is 0 Å². The van der Waals surface area contributed by atoms with E-state index in [1.54, 1.807) is 48.5 Å². The monoisotopic (exact) mass is 311 g/mol. The van der Waals surface area contributed by atoms with E-state index >= 15 is 0 Å². The summed E-state index contributed by atoms with van der Waals surface area (Å²) in [5, 5.41) is 5.48. The Bertz CT molecular complexity index is 545. The molecule has 0 aliphatic heterocycles. The number of rotatable bonds is 4. The molecule has 124 valence electrons. The van der Waals surface area contributed by atoms with Gasteiger partial charge in [-0.25, -0.2) is 9.78 Å². The number of hydrogen-bond acceptors (Lipinski definition) is 5. The molecule has 7 nitrogen and oxygen atoms in total. The van der Waals surface area contributed by atoms with E-state index in [1.165, 1.54) is 0 Å². The predicted octanol–water partition coefficient (Wildman–Crippen LogP) is 2.32. The second-order valence-corrected chi connectivity index (χ2v) is 6.33. The van der Waals surface area contributed by atoms with Gasteiger partial charge in [0.1, 0.15) is 11.4 Å². The Kier molecular flexibility index (Phi) is 5.57. The summed E-state index contributed by atoms with van der Waals surface area (Å²) in [6, 6.07) is -0.594. The van der Waals surface area contributed by atoms with Gasteiger partial charge < -0.3 is 19.8 Å². The van der Waals surface area contributed by atoms with Crippen molar-refractivity contribution in [1.29, 1.82) is 0 Å². The maximum absolute atomic E-state index is 12.1. The molecule has 22 heavy (non-hydrogen) atoms. The van der Waals surface area contributed by atoms with Crippen molar-refractivity contribution in [1.82, 2.24) is 15.6 Å². The fourth-order valence-corrected chi connectivity index (χ4v) is 1.76. The topological polar surface area (TPSA) is 93.5 Å². The van der Waals surface area contributed by atoms with E-state index in [9.17, 15) is 9.59 Å². The molecule has 1 aromatic heterocycles. The molecule has 2 N–H and O–H groups in total. The van der Waals surface area contributed by atoms with Crippen LogP contribution in [0.25, 0.3) is 0 Å². The van der Waals surface area contributed by atoms with E-state index < -0.39 is 11.7 Å². The summed E-state index contributed by atoms with van der Waals surface area (Å²) in [4.78, 5) is 27.9. The lowest BCUT2D eigenvalue weighted by molar-refractivity contribution is 0.0496. The molecule has 0 fully saturated rings. The summed E-state index contributed by atoms with van der Waals surface area (Å²) in [5.74, 6) is 0.574. The smallest absolute Gasteiger partial charge is 0.407 e. The lowest BCUT2D eigenvalue weighted by Crippen LogP contribution is -2.49. The molecule has 2 atom stereocenters. The van der Waals surface area contributed by atoms with Crippen LogP contribution in [0.1, 0.15) is 56.8 Å². The minimum absolute atomic E-state index is 0.258. The van der Waals surface area contributed by atoms with Crippen molar-refractivity contribution in [3.05, 3.63) is 17.3 Å². The first-order valence-corrected chi connectivity index (χ1v) is 7.24. The number of amides is 2. The van der Waals surface area contributed by atoms with E-state index in [1.807, 2.05) is 0 Å². The minimum atomic E-state index is -0.564. The van der Waals surface area contributed by atoms with Gasteiger partial charge >= 0.3 is 6.09 Å². The van der Waals surface area contributed by atoms with Crippen LogP contribution in [-0.2, 0) is 4.74 Å². The number of nitrogens with zero attached hydrogens (tertiary/aromatic N) is 1. The molecule has 0 bridgehead atoms. The van der Waals surface area contributed by atoms with Crippen LogP contribution in [0.15, 0.2) is 4.42 Å². The molecule has 0 saturated carbocycles. The summed E-state index contributed by atoms with van der Waals surface area (Å²) >= 11 is 0. The van der Waals surface area contributed by atoms with Gasteiger partial charge in [-0.3, -0.25) is 4.79 Å². The fraction of sp³-hybridized carbons (Fsp3) is 0.667. The number of nitrogens with one attached hydrogen (secondary N) is 2. The highest BCUT2D eigenvalue weighted by atomic mass is 16.6. The Labute approximate surface area is 130 Å². The molecule has 1 heterocycles. The molecule has 2 amide bonds. The molecule has 7 heteroatoms. The van der Waals surface area contributed by atoms with Gasteiger partial charge in [-0.15, -0.1) is 0 Å². The second kappa shape index (κ2) is 6.81. The van der Waals surface area contributed by atoms with Crippen molar-refractivity contribution in [2.75, 3.05) is 0 Å². The van der Waals surface area contributed by atoms with Crippen molar-refractivity contribution in [2.45, 2.75) is 66.2 Å². The standard InChI is InChI=1S/C15H25N3O4/c1-8(9(2)17-14(20)22-15(5,6)7)16-13(19)12-10(3)21-11(4)18-12/h8-9H,1-7H3,(H,16,19)(H,17,20)/t8-,9-/m1/s1. The van der Waals surface area contributed by atoms with Gasteiger partial charge in [0.25, 0.3) is 5.91 Å². The van der Waals surface area contributed by atoms with Gasteiger partial charge in [0.2, 0.25) is 0 Å². The van der Waals surface area contributed by atoms with Crippen LogP contribution in [0.2, 0.25) is 0 Å². The van der Waals surface area contributed by atoms with E-state index in [0.29, 0.717) is 11.7 Å². The molecule has 0 aliphatic rings. The molecule has 0 radical (unpaired) electrons. The Balaban J connectivity index is 2.57. The van der Waals surface area contributed by atoms with Gasteiger partial charge in [0.15, 0.2) is 11.6 Å². The summed E-state index contributed by atoms with van der Waals surface area (Å²) < 4.78 is 10.4. The van der Waals surface area contributed by atoms with Crippen molar-refractivity contribution in [3.63, 3.8) is 0 Å². The summed E-state index contributed by atoms with van der Waals surface area (Å²) in [5.41, 5.74) is -0.306. The minimum Gasteiger partial charge on any atom is -0.445 e. The largest absolute Gasteiger partial charge is 0.445 e. The van der Waals surface area contributed by atoms with Gasteiger partial charge in [-0.2, -0.15) is 0 Å². The van der Waals surface area contributed by atoms with Crippen LogP contribution in [0.4, 0.5) is 4.79 Å². The number of carbonyl (C=O) groups is 2. The number of hydrogen-bond donors (Lipinski definition) is 2. The van der Waals surface area contributed by atoms with Gasteiger partial charge in [0, 0.05) is 19.0 Å². The number of aromatic nitrogens is 1. The van der Waals surface area contributed by atoms with E-state index in [4.69, 9.17) is 9.15 Å². The Morgan fingerprint density at radius 2 is 1.68 bits per heavy atom. The van der Waals surface area contributed by atoms with Crippen molar-refractivity contribution >= 4 is 12.0 Å². The lowest BCUT2D eigenvalue weighted by Gasteiger charge is -2.25. The highest BCUT2D eigenvalue weighted by molar-refractivity contribution is 5.93. The zero-order valence-electron chi connectivity index (χ0n) is 14.2. The Morgan fingerprint density at radius 1 is 1.14 bits per heavy atom. The number of alkyl carbamates (subject to hydrolysis) is 1. The maximum atomic E-state index is 12.1. The van der Waals surface area contributed by atoms with Crippen molar-refractivity contribution in [3.8, 4) is 0 Å². The van der Waals surface area contributed by atoms with E-state index in [2.05, 4.69) is 15.6 Å². The van der Waals surface area contributed by atoms with E-state index in [0.717, 1.165) is 0 Å². The van der Waals surface area contributed by atoms with Gasteiger partial charge in [-0.05, 0) is 41.5 Å². The molecule has 1 aromatic rings. The predicted molar refractivity (Wildman–Crippen MR) is 81.7 cm³/mol. The first kappa shape index (κ1) is 18.0. The third-order valence-electron chi connectivity index (χ3n) is 2.97. The number of ether oxygens (including phenoxy) is 1. The third-order valence-corrected chi connectivity index (χ3v) is 2.97. The van der Waals surface area contributed by atoms with Crippen LogP contribution in [0.5, 0.6) is 0 Å². The summed E-state index contributed by atoms with van der Waals surface area (Å²) in [6.45, 7) is 12.3. The first-order valence-electron chi connectivity index (χ1n) is 7.24. The maximum Gasteiger partial charge on any atom is 0.407 e. The average molecular weight is 311 g/mol. The quantitative estimate of drug-likeness (QED) is 0.890. The summed E-state index contributed by atoms with van der Waals surface area (Å²) in [6.07, 6.45) is -0.519. The van der Waals surface area contributed by atoms with Crippen LogP contribution in [0, 0.1) is 13.8 Å². The zero-order valence-corrected chi connectivity index (χ0v) is 14.2. The van der Waals surface area contributed by atoms with Crippen LogP contribution in [0.3, 0.4) is 0 Å². The molecule has 0 spiro atoms. The highest BCUT2D eigenvalue weighted by Crippen LogP contribution is 2.10. The van der Waals surface area contributed by atoms with Crippen LogP contribution in [-0.4, -0.2) is 34.7 Å². The molecular weight excluding hydrogens is 286 g/mol. The van der Waals surface area contributed by atoms with Gasteiger partial charge in [0.05, 0.1) is 0 Å². The Hall–Kier alpha value is -2.05. The van der Waals surface area contributed by atoms with Gasteiger partial charge in [-0.1, -0.05) is 0 Å². The number of carbonyl (C=O) groups excluding carboxylic acids is 2. The molecular formula is C15H25N3O4. The molecule has 0 saturated heterocycles. The molecule has 0 unspecified atom stereocenters. The number of oxazole rings is 1. The van der Waals surface area contributed by atoms with Crippen LogP contribution < -0.4 is 10.6 Å². The molecule has 0 aromatic carbocycles. The van der Waals surface area contributed by atoms with Crippen molar-refractivity contribution < 1.29 is 18.7 Å². The highest BCUT2D eigenvalue weighted by Gasteiger charge is 2.23. The first-order chi connectivity index (χ1) is 9.99. The summed E-state index contributed by atoms with van der Waals surface area (Å²) in [7, 11) is 0. The molecule has 1 rings (SSSR count). The SMILES string of the molecule is Cc1nc(C(=O)N[C@H](C)[C@@H](C)NC(=O)OC(C)(C)C)c(C)o1. The fourth-order valence-electron chi connectivity index (χ4n) is 1.76. The number of aryl methyl sites for hydroxylation is 2. The lowest BCUT2D eigenvalue weighted by atomic mass is 10.1. The Morgan fingerprint density at radius 3 is 2.14 bits per heavy atom. The normalized spacial score (nSPS) is 14.1. The third kappa shape index (κ3) is 5.38. The zero-order chi connectivity index (χ0) is 17.1. The molecule has 0 aliphatic carbocycles. The van der Waals surface area contributed by atoms with E-state index in [-0.39, 0.29) is 23.7 Å². The average Bonchev–Trinajstić information content (AvgIpc) is 2.65. The van der Waals surface area contributed by atoms with Crippen molar-refractivity contribution in [2.24, 2.45) is 0 Å².